The number of hydrogen-bond acceptors (Lipinski definition) is 7. The normalized spacial score (nSPS) is 16.2. The first-order valence-electron chi connectivity index (χ1n) is 11.9. The van der Waals surface area contributed by atoms with Gasteiger partial charge in [-0.05, 0) is 12.3 Å². The first-order chi connectivity index (χ1) is 15.6. The van der Waals surface area contributed by atoms with Gasteiger partial charge in [0.15, 0.2) is 0 Å². The molecule has 1 aliphatic rings. The molecule has 188 valence electrons. The number of nitrogens with zero attached hydrogens (tertiary/aromatic N) is 1. The number of ketones is 2. The van der Waals surface area contributed by atoms with Crippen molar-refractivity contribution in [3.63, 3.8) is 0 Å². The number of Topliss-reactive ketones (excluding diaryl/α,β-unsaturated/α-hetero) is 2. The summed E-state index contributed by atoms with van der Waals surface area (Å²) in [6.07, 6.45) is 1.84. The highest BCUT2D eigenvalue weighted by Crippen LogP contribution is 2.26. The quantitative estimate of drug-likeness (QED) is 0.241. The summed E-state index contributed by atoms with van der Waals surface area (Å²) in [6.45, 7) is 9.41. The lowest BCUT2D eigenvalue weighted by Crippen LogP contribution is -2.33. The summed E-state index contributed by atoms with van der Waals surface area (Å²) in [6, 6.07) is 0. The van der Waals surface area contributed by atoms with Gasteiger partial charge < -0.3 is 14.8 Å². The average Bonchev–Trinajstić information content (AvgIpc) is 3.04. The molecule has 1 saturated heterocycles. The van der Waals surface area contributed by atoms with Gasteiger partial charge in [-0.25, -0.2) is 0 Å². The summed E-state index contributed by atoms with van der Waals surface area (Å²) in [5.74, 6) is -0.511. The van der Waals surface area contributed by atoms with Gasteiger partial charge in [0.05, 0.1) is 19.8 Å². The zero-order valence-electron chi connectivity index (χ0n) is 20.5. The maximum atomic E-state index is 12.2. The Hall–Kier alpha value is -2.13. The van der Waals surface area contributed by atoms with E-state index in [0.29, 0.717) is 45.6 Å². The van der Waals surface area contributed by atoms with E-state index < -0.39 is 0 Å². The molecule has 0 radical (unpaired) electrons. The molecule has 0 aromatic carbocycles. The fourth-order valence-electron chi connectivity index (χ4n) is 3.38. The number of rotatable bonds is 18. The maximum Gasteiger partial charge on any atom is 0.233 e. The highest BCUT2D eigenvalue weighted by atomic mass is 16.5. The summed E-state index contributed by atoms with van der Waals surface area (Å²) >= 11 is 0. The van der Waals surface area contributed by atoms with E-state index in [1.165, 1.54) is 4.90 Å². The highest BCUT2D eigenvalue weighted by Gasteiger charge is 2.39. The number of nitrogens with one attached hydrogen (secondary N) is 1. The molecule has 0 aliphatic carbocycles. The predicted octanol–water partition coefficient (Wildman–Crippen LogP) is 1.91. The Balaban J connectivity index is 2.00. The van der Waals surface area contributed by atoms with Gasteiger partial charge in [0.1, 0.15) is 11.6 Å². The van der Waals surface area contributed by atoms with Gasteiger partial charge in [-0.3, -0.25) is 28.9 Å². The van der Waals surface area contributed by atoms with Crippen LogP contribution >= 0.6 is 0 Å². The summed E-state index contributed by atoms with van der Waals surface area (Å²) in [5.41, 5.74) is 0. The van der Waals surface area contributed by atoms with Crippen LogP contribution in [0.25, 0.3) is 0 Å². The van der Waals surface area contributed by atoms with Crippen molar-refractivity contribution in [3.05, 3.63) is 0 Å². The van der Waals surface area contributed by atoms with Crippen LogP contribution in [0.5, 0.6) is 0 Å². The van der Waals surface area contributed by atoms with E-state index in [2.05, 4.69) is 5.32 Å². The molecule has 0 saturated carbocycles. The van der Waals surface area contributed by atoms with Gasteiger partial charge in [0.25, 0.3) is 0 Å². The molecule has 1 N–H and O–H groups in total. The first-order valence-corrected chi connectivity index (χ1v) is 11.9. The minimum Gasteiger partial charge on any atom is -0.381 e. The van der Waals surface area contributed by atoms with E-state index in [1.54, 1.807) is 0 Å². The van der Waals surface area contributed by atoms with Gasteiger partial charge >= 0.3 is 0 Å². The Morgan fingerprint density at radius 2 is 1.61 bits per heavy atom. The van der Waals surface area contributed by atoms with Crippen molar-refractivity contribution in [2.24, 2.45) is 17.8 Å². The smallest absolute Gasteiger partial charge is 0.233 e. The molecule has 0 aromatic rings. The fraction of sp³-hybridized carbons (Fsp3) is 0.792. The molecule has 1 atom stereocenters. The van der Waals surface area contributed by atoms with E-state index in [4.69, 9.17) is 9.47 Å². The Morgan fingerprint density at radius 3 is 2.24 bits per heavy atom. The molecule has 9 heteroatoms. The van der Waals surface area contributed by atoms with Crippen LogP contribution in [0.2, 0.25) is 0 Å². The largest absolute Gasteiger partial charge is 0.381 e. The molecule has 1 aliphatic heterocycles. The Morgan fingerprint density at radius 1 is 0.939 bits per heavy atom. The van der Waals surface area contributed by atoms with Crippen LogP contribution < -0.4 is 5.32 Å². The number of amides is 3. The lowest BCUT2D eigenvalue weighted by Gasteiger charge is -2.15. The van der Waals surface area contributed by atoms with Crippen molar-refractivity contribution in [1.82, 2.24) is 10.2 Å². The van der Waals surface area contributed by atoms with Crippen molar-refractivity contribution < 1.29 is 33.4 Å². The summed E-state index contributed by atoms with van der Waals surface area (Å²) in [7, 11) is 0. The maximum absolute atomic E-state index is 12.2. The number of likely N-dealkylation sites (tertiary alicyclic amines) is 1. The molecule has 3 amide bonds. The predicted molar refractivity (Wildman–Crippen MR) is 122 cm³/mol. The lowest BCUT2D eigenvalue weighted by atomic mass is 9.94. The average molecular weight is 469 g/mol. The monoisotopic (exact) mass is 468 g/mol. The minimum atomic E-state index is -0.272. The molecule has 33 heavy (non-hydrogen) atoms. The van der Waals surface area contributed by atoms with Crippen molar-refractivity contribution in [2.45, 2.75) is 66.2 Å². The summed E-state index contributed by atoms with van der Waals surface area (Å²) in [4.78, 5) is 60.6. The standard InChI is InChI=1S/C24H40N2O7/c1-17(2)20-16-23(30)26(24(20)31)11-7-19(27)6-5-12-32-14-9-22(29)25-10-15-33-13-8-21(28)18(3)4/h17-18,20H,5-16H2,1-4H3,(H,25,29). The fourth-order valence-corrected chi connectivity index (χ4v) is 3.38. The molecule has 1 fully saturated rings. The molecule has 0 aromatic heterocycles. The van der Waals surface area contributed by atoms with Crippen LogP contribution in [-0.4, -0.2) is 73.7 Å². The number of hydrogen-bond donors (Lipinski definition) is 1. The zero-order valence-corrected chi connectivity index (χ0v) is 20.5. The number of ether oxygens (including phenoxy) is 2. The molecular weight excluding hydrogens is 428 g/mol. The number of imide groups is 1. The molecule has 1 heterocycles. The van der Waals surface area contributed by atoms with Crippen LogP contribution in [0, 0.1) is 17.8 Å². The Labute approximate surface area is 196 Å². The second kappa shape index (κ2) is 15.7. The SMILES string of the molecule is CC(C)C(=O)CCOCCNC(=O)CCOCCCC(=O)CCN1C(=O)CC(C(C)C)C1=O. The van der Waals surface area contributed by atoms with Gasteiger partial charge in [-0.1, -0.05) is 27.7 Å². The first kappa shape index (κ1) is 28.9. The van der Waals surface area contributed by atoms with Crippen LogP contribution in [0.3, 0.4) is 0 Å². The summed E-state index contributed by atoms with van der Waals surface area (Å²) < 4.78 is 10.7. The van der Waals surface area contributed by atoms with Crippen LogP contribution in [0.15, 0.2) is 0 Å². The minimum absolute atomic E-state index is 0.00961. The molecular formula is C24H40N2O7. The topological polar surface area (TPSA) is 119 Å². The van der Waals surface area contributed by atoms with Crippen molar-refractivity contribution in [3.8, 4) is 0 Å². The number of carbonyl (C=O) groups is 5. The lowest BCUT2D eigenvalue weighted by molar-refractivity contribution is -0.140. The molecule has 1 unspecified atom stereocenters. The van der Waals surface area contributed by atoms with Gasteiger partial charge in [0.2, 0.25) is 17.7 Å². The van der Waals surface area contributed by atoms with Gasteiger partial charge in [0, 0.05) is 63.6 Å². The number of carbonyl (C=O) groups excluding carboxylic acids is 5. The second-order valence-electron chi connectivity index (χ2n) is 9.03. The third-order valence-electron chi connectivity index (χ3n) is 5.62. The van der Waals surface area contributed by atoms with Gasteiger partial charge in [-0.2, -0.15) is 0 Å². The Kier molecular flexibility index (Phi) is 13.7. The van der Waals surface area contributed by atoms with Gasteiger partial charge in [-0.15, -0.1) is 0 Å². The van der Waals surface area contributed by atoms with Crippen molar-refractivity contribution >= 4 is 29.3 Å². The molecule has 1 rings (SSSR count). The third kappa shape index (κ3) is 11.5. The van der Waals surface area contributed by atoms with Crippen molar-refractivity contribution in [2.75, 3.05) is 39.5 Å². The van der Waals surface area contributed by atoms with E-state index in [9.17, 15) is 24.0 Å². The molecule has 0 spiro atoms. The second-order valence-corrected chi connectivity index (χ2v) is 9.03. The zero-order chi connectivity index (χ0) is 24.8. The van der Waals surface area contributed by atoms with E-state index >= 15 is 0 Å². The van der Waals surface area contributed by atoms with Crippen LogP contribution in [0.1, 0.15) is 66.2 Å². The van der Waals surface area contributed by atoms with E-state index in [-0.39, 0.29) is 79.5 Å². The van der Waals surface area contributed by atoms with E-state index in [1.807, 2.05) is 27.7 Å². The van der Waals surface area contributed by atoms with Crippen LogP contribution in [0.4, 0.5) is 0 Å². The Bertz CT molecular complexity index is 676. The molecule has 0 bridgehead atoms. The summed E-state index contributed by atoms with van der Waals surface area (Å²) in [5, 5.41) is 2.72. The van der Waals surface area contributed by atoms with Crippen molar-refractivity contribution in [1.29, 1.82) is 0 Å². The third-order valence-corrected chi connectivity index (χ3v) is 5.62. The highest BCUT2D eigenvalue weighted by molar-refractivity contribution is 6.03. The van der Waals surface area contributed by atoms with Crippen LogP contribution in [-0.2, 0) is 33.4 Å². The molecule has 9 nitrogen and oxygen atoms in total. The van der Waals surface area contributed by atoms with E-state index in [0.717, 1.165) is 0 Å².